The van der Waals surface area contributed by atoms with Gasteiger partial charge in [-0.05, 0) is 122 Å². The first-order valence-corrected chi connectivity index (χ1v) is 15.9. The normalized spacial score (nSPS) is 21.6. The van der Waals surface area contributed by atoms with Gasteiger partial charge in [-0.3, -0.25) is 0 Å². The Kier molecular flexibility index (Phi) is 13.7. The number of hydrogen-bond donors (Lipinski definition) is 0. The van der Waals surface area contributed by atoms with Gasteiger partial charge in [-0.2, -0.15) is 0 Å². The Hall–Kier alpha value is -2.34. The summed E-state index contributed by atoms with van der Waals surface area (Å²) >= 11 is 0. The maximum Gasteiger partial charge on any atom is -0.0104 e. The van der Waals surface area contributed by atoms with Crippen molar-refractivity contribution in [2.75, 3.05) is 0 Å². The highest BCUT2D eigenvalue weighted by Crippen LogP contribution is 2.43. The lowest BCUT2D eigenvalue weighted by Gasteiger charge is -2.35. The molecule has 0 nitrogen and oxygen atoms in total. The van der Waals surface area contributed by atoms with Crippen molar-refractivity contribution in [3.8, 4) is 0 Å². The van der Waals surface area contributed by atoms with Crippen LogP contribution >= 0.6 is 0 Å². The Morgan fingerprint density at radius 3 is 1.95 bits per heavy atom. The van der Waals surface area contributed by atoms with Crippen LogP contribution in [0.3, 0.4) is 0 Å². The lowest BCUT2D eigenvalue weighted by Crippen LogP contribution is -2.20. The van der Waals surface area contributed by atoms with E-state index in [1.54, 1.807) is 22.3 Å². The quantitative estimate of drug-likeness (QED) is 0.170. The Morgan fingerprint density at radius 1 is 0.675 bits per heavy atom. The molecule has 0 amide bonds. The molecule has 0 unspecified atom stereocenters. The van der Waals surface area contributed by atoms with E-state index >= 15 is 0 Å². The van der Waals surface area contributed by atoms with Crippen molar-refractivity contribution < 1.29 is 0 Å². The van der Waals surface area contributed by atoms with Gasteiger partial charge in [-0.25, -0.2) is 0 Å². The van der Waals surface area contributed by atoms with E-state index in [9.17, 15) is 0 Å². The highest BCUT2D eigenvalue weighted by molar-refractivity contribution is 5.37. The van der Waals surface area contributed by atoms with Gasteiger partial charge < -0.3 is 0 Å². The lowest BCUT2D eigenvalue weighted by molar-refractivity contribution is 0.354. The van der Waals surface area contributed by atoms with Gasteiger partial charge in [0.1, 0.15) is 0 Å². The van der Waals surface area contributed by atoms with Crippen molar-refractivity contribution in [1.29, 1.82) is 0 Å². The Labute approximate surface area is 249 Å². The summed E-state index contributed by atoms with van der Waals surface area (Å²) in [5, 5.41) is 0. The molecule has 0 heterocycles. The summed E-state index contributed by atoms with van der Waals surface area (Å²) in [7, 11) is 0. The van der Waals surface area contributed by atoms with E-state index in [1.165, 1.54) is 73.7 Å². The van der Waals surface area contributed by atoms with E-state index < -0.39 is 0 Å². The minimum atomic E-state index is 0.298. The monoisotopic (exact) mass is 540 g/mol. The molecule has 0 aliphatic heterocycles. The molecule has 0 radical (unpaired) electrons. The number of hydrogen-bond acceptors (Lipinski definition) is 0. The summed E-state index contributed by atoms with van der Waals surface area (Å²) in [6.07, 6.45) is 35.0. The lowest BCUT2D eigenvalue weighted by atomic mass is 9.71. The third kappa shape index (κ3) is 11.6. The van der Waals surface area contributed by atoms with E-state index in [0.29, 0.717) is 10.8 Å². The SMILES string of the molecule is CC1=C(/C=C/C(C)=C/C=C\C(C)=C/C=C/C=C(/C)CC/C=C(\C)CCC2=C(C)CCCC2(C)C)C(C)(C)CCC1. The molecule has 0 spiro atoms. The minimum Gasteiger partial charge on any atom is -0.0853 e. The number of allylic oxidation sites excluding steroid dienone is 18. The van der Waals surface area contributed by atoms with Crippen molar-refractivity contribution in [3.05, 3.63) is 105 Å². The van der Waals surface area contributed by atoms with E-state index in [4.69, 9.17) is 0 Å². The zero-order valence-electron chi connectivity index (χ0n) is 27.8. The van der Waals surface area contributed by atoms with Crippen LogP contribution < -0.4 is 0 Å². The predicted octanol–water partition coefficient (Wildman–Crippen LogP) is 13.1. The van der Waals surface area contributed by atoms with E-state index in [1.807, 2.05) is 0 Å². The van der Waals surface area contributed by atoms with Crippen LogP contribution in [0.25, 0.3) is 0 Å². The second kappa shape index (κ2) is 16.2. The summed E-state index contributed by atoms with van der Waals surface area (Å²) in [6, 6.07) is 0. The molecule has 0 N–H and O–H groups in total. The predicted molar refractivity (Wildman–Crippen MR) is 182 cm³/mol. The summed E-state index contributed by atoms with van der Waals surface area (Å²) in [5.74, 6) is 0. The van der Waals surface area contributed by atoms with Crippen LogP contribution in [0.15, 0.2) is 105 Å². The van der Waals surface area contributed by atoms with E-state index in [2.05, 4.69) is 130 Å². The third-order valence-corrected chi connectivity index (χ3v) is 9.11. The summed E-state index contributed by atoms with van der Waals surface area (Å²) < 4.78 is 0. The molecule has 0 bridgehead atoms. The Balaban J connectivity index is 1.79. The first-order valence-electron chi connectivity index (χ1n) is 15.9. The summed E-state index contributed by atoms with van der Waals surface area (Å²) in [5.41, 5.74) is 12.7. The van der Waals surface area contributed by atoms with Gasteiger partial charge in [0.2, 0.25) is 0 Å². The maximum absolute atomic E-state index is 2.46. The fourth-order valence-electron chi connectivity index (χ4n) is 6.40. The van der Waals surface area contributed by atoms with Crippen molar-refractivity contribution >= 4 is 0 Å². The molecule has 0 aromatic carbocycles. The van der Waals surface area contributed by atoms with Crippen LogP contribution in [0.1, 0.15) is 133 Å². The van der Waals surface area contributed by atoms with E-state index in [0.717, 1.165) is 12.8 Å². The average Bonchev–Trinajstić information content (AvgIpc) is 2.85. The van der Waals surface area contributed by atoms with Crippen LogP contribution in [-0.2, 0) is 0 Å². The fraction of sp³-hybridized carbons (Fsp3) is 0.550. The fourth-order valence-corrected chi connectivity index (χ4v) is 6.40. The molecule has 0 atom stereocenters. The third-order valence-electron chi connectivity index (χ3n) is 9.11. The van der Waals surface area contributed by atoms with Gasteiger partial charge in [0.25, 0.3) is 0 Å². The zero-order chi connectivity index (χ0) is 29.8. The Bertz CT molecular complexity index is 1120. The van der Waals surface area contributed by atoms with Gasteiger partial charge in [0.05, 0.1) is 0 Å². The van der Waals surface area contributed by atoms with Gasteiger partial charge in [0.15, 0.2) is 0 Å². The van der Waals surface area contributed by atoms with Crippen LogP contribution in [0.2, 0.25) is 0 Å². The summed E-state index contributed by atoms with van der Waals surface area (Å²) in [6.45, 7) is 23.2. The molecule has 0 aromatic rings. The molecule has 220 valence electrons. The van der Waals surface area contributed by atoms with Gasteiger partial charge in [-0.1, -0.05) is 127 Å². The zero-order valence-corrected chi connectivity index (χ0v) is 27.8. The van der Waals surface area contributed by atoms with Crippen molar-refractivity contribution in [2.24, 2.45) is 10.8 Å². The van der Waals surface area contributed by atoms with Crippen LogP contribution in [-0.4, -0.2) is 0 Å². The highest BCUT2D eigenvalue weighted by atomic mass is 14.3. The topological polar surface area (TPSA) is 0 Å². The molecule has 40 heavy (non-hydrogen) atoms. The molecular formula is C40H60. The van der Waals surface area contributed by atoms with Gasteiger partial charge >= 0.3 is 0 Å². The standard InChI is InChI=1S/C40H60/c1-31(19-13-21-33(3)25-27-37-35(5)23-15-29-39(37,7)8)17-11-12-18-32(2)20-14-22-34(4)26-28-38-36(6)24-16-30-40(38,9)10/h11-13,17-19,21-22,25,27H,14-16,20,23-24,26,28-30H2,1-10H3/b12-11+,19-13-,27-25+,31-17-,32-18-,33-21+,34-22+. The molecule has 2 aliphatic rings. The summed E-state index contributed by atoms with van der Waals surface area (Å²) in [4.78, 5) is 0. The van der Waals surface area contributed by atoms with Crippen LogP contribution in [0.4, 0.5) is 0 Å². The number of rotatable bonds is 12. The smallest absolute Gasteiger partial charge is 0.0104 e. The van der Waals surface area contributed by atoms with E-state index in [-0.39, 0.29) is 0 Å². The van der Waals surface area contributed by atoms with Crippen molar-refractivity contribution in [3.63, 3.8) is 0 Å². The first-order chi connectivity index (χ1) is 18.8. The molecule has 0 fully saturated rings. The van der Waals surface area contributed by atoms with Crippen molar-refractivity contribution in [2.45, 2.75) is 133 Å². The molecular weight excluding hydrogens is 480 g/mol. The second-order valence-electron chi connectivity index (χ2n) is 13.9. The van der Waals surface area contributed by atoms with Crippen LogP contribution in [0, 0.1) is 10.8 Å². The van der Waals surface area contributed by atoms with Crippen LogP contribution in [0.5, 0.6) is 0 Å². The average molecular weight is 541 g/mol. The molecule has 0 aromatic heterocycles. The maximum atomic E-state index is 2.46. The first kappa shape index (κ1) is 33.9. The van der Waals surface area contributed by atoms with Crippen molar-refractivity contribution in [1.82, 2.24) is 0 Å². The highest BCUT2D eigenvalue weighted by Gasteiger charge is 2.28. The molecule has 0 saturated carbocycles. The van der Waals surface area contributed by atoms with Gasteiger partial charge in [-0.15, -0.1) is 0 Å². The molecule has 0 heteroatoms. The molecule has 2 aliphatic carbocycles. The second-order valence-corrected chi connectivity index (χ2v) is 13.9. The Morgan fingerprint density at radius 2 is 1.27 bits per heavy atom. The van der Waals surface area contributed by atoms with Gasteiger partial charge in [0, 0.05) is 0 Å². The largest absolute Gasteiger partial charge is 0.0853 e. The minimum absolute atomic E-state index is 0.298. The molecule has 2 rings (SSSR count). The molecule has 0 saturated heterocycles.